The zero-order valence-electron chi connectivity index (χ0n) is 16.8. The summed E-state index contributed by atoms with van der Waals surface area (Å²) in [7, 11) is 3.67. The minimum atomic E-state index is 0.00655. The first-order chi connectivity index (χ1) is 14.1. The van der Waals surface area contributed by atoms with E-state index >= 15 is 0 Å². The molecule has 1 fully saturated rings. The van der Waals surface area contributed by atoms with Gasteiger partial charge in [-0.05, 0) is 44.1 Å². The average molecular weight is 394 g/mol. The number of aromatic nitrogens is 4. The molecule has 4 rings (SSSR count). The summed E-state index contributed by atoms with van der Waals surface area (Å²) in [5.41, 5.74) is 2.86. The molecule has 1 saturated heterocycles. The van der Waals surface area contributed by atoms with Gasteiger partial charge in [0.25, 0.3) is 0 Å². The molecule has 0 aliphatic carbocycles. The molecule has 0 bridgehead atoms. The lowest BCUT2D eigenvalue weighted by atomic mass is 9.96. The number of nitrogens with one attached hydrogen (secondary N) is 1. The summed E-state index contributed by atoms with van der Waals surface area (Å²) in [6.45, 7) is 3.47. The Morgan fingerprint density at radius 2 is 2.07 bits per heavy atom. The van der Waals surface area contributed by atoms with Crippen LogP contribution < -0.4 is 5.32 Å². The summed E-state index contributed by atoms with van der Waals surface area (Å²) in [6, 6.07) is 7.87. The Morgan fingerprint density at radius 1 is 1.24 bits per heavy atom. The van der Waals surface area contributed by atoms with Crippen LogP contribution in [0.5, 0.6) is 0 Å². The van der Waals surface area contributed by atoms with E-state index < -0.39 is 0 Å². The van der Waals surface area contributed by atoms with E-state index in [0.29, 0.717) is 5.82 Å². The van der Waals surface area contributed by atoms with E-state index in [1.54, 1.807) is 13.4 Å². The van der Waals surface area contributed by atoms with Gasteiger partial charge in [-0.25, -0.2) is 4.98 Å². The number of benzene rings is 1. The molecule has 2 aromatic heterocycles. The van der Waals surface area contributed by atoms with Crippen LogP contribution in [0, 0.1) is 5.92 Å². The second kappa shape index (κ2) is 8.67. The van der Waals surface area contributed by atoms with Crippen LogP contribution in [0.15, 0.2) is 36.8 Å². The van der Waals surface area contributed by atoms with Gasteiger partial charge in [0.05, 0.1) is 30.3 Å². The first-order valence-corrected chi connectivity index (χ1v) is 9.90. The van der Waals surface area contributed by atoms with E-state index in [9.17, 15) is 4.79 Å². The second-order valence-corrected chi connectivity index (χ2v) is 7.49. The van der Waals surface area contributed by atoms with Crippen LogP contribution in [-0.4, -0.2) is 63.9 Å². The summed E-state index contributed by atoms with van der Waals surface area (Å²) in [6.07, 6.45) is 5.30. The lowest BCUT2D eigenvalue weighted by Gasteiger charge is -2.30. The summed E-state index contributed by atoms with van der Waals surface area (Å²) < 4.78 is 7.10. The van der Waals surface area contributed by atoms with Gasteiger partial charge in [0.15, 0.2) is 5.82 Å². The number of nitrogens with zero attached hydrogens (tertiary/aromatic N) is 5. The van der Waals surface area contributed by atoms with Crippen LogP contribution >= 0.6 is 0 Å². The maximum atomic E-state index is 12.7. The Balaban J connectivity index is 1.44. The Hall–Kier alpha value is -2.84. The molecule has 1 aliphatic rings. The van der Waals surface area contributed by atoms with E-state index in [1.165, 1.54) is 0 Å². The number of rotatable bonds is 6. The number of fused-ring (bicyclic) bond motifs is 1. The molecule has 1 amide bonds. The van der Waals surface area contributed by atoms with Crippen LogP contribution in [0.1, 0.15) is 12.8 Å². The van der Waals surface area contributed by atoms with Gasteiger partial charge < -0.3 is 19.5 Å². The van der Waals surface area contributed by atoms with Crippen molar-refractivity contribution in [1.29, 1.82) is 0 Å². The first-order valence-electron chi connectivity index (χ1n) is 9.90. The van der Waals surface area contributed by atoms with E-state index in [1.807, 2.05) is 42.1 Å². The maximum absolute atomic E-state index is 12.7. The summed E-state index contributed by atoms with van der Waals surface area (Å²) in [5.74, 6) is 0.520. The number of anilines is 1. The first kappa shape index (κ1) is 19.5. The van der Waals surface area contributed by atoms with Crippen LogP contribution in [-0.2, 0) is 16.6 Å². The maximum Gasteiger partial charge on any atom is 0.228 e. The van der Waals surface area contributed by atoms with Crippen molar-refractivity contribution in [1.82, 2.24) is 24.6 Å². The predicted octanol–water partition coefficient (Wildman–Crippen LogP) is 2.33. The predicted molar refractivity (Wildman–Crippen MR) is 111 cm³/mol. The molecule has 152 valence electrons. The lowest BCUT2D eigenvalue weighted by molar-refractivity contribution is -0.121. The van der Waals surface area contributed by atoms with E-state index in [4.69, 9.17) is 4.74 Å². The van der Waals surface area contributed by atoms with Gasteiger partial charge in [-0.2, -0.15) is 0 Å². The number of likely N-dealkylation sites (tertiary alicyclic amines) is 1. The molecule has 8 heteroatoms. The van der Waals surface area contributed by atoms with E-state index in [0.717, 1.165) is 61.2 Å². The van der Waals surface area contributed by atoms with Crippen molar-refractivity contribution >= 4 is 22.6 Å². The number of carbonyl (C=O) groups is 1. The van der Waals surface area contributed by atoms with Gasteiger partial charge in [-0.3, -0.25) is 4.79 Å². The van der Waals surface area contributed by atoms with Gasteiger partial charge in [0, 0.05) is 37.6 Å². The molecule has 3 aromatic rings. The Labute approximate surface area is 169 Å². The second-order valence-electron chi connectivity index (χ2n) is 7.49. The van der Waals surface area contributed by atoms with Crippen molar-refractivity contribution in [3.8, 4) is 11.3 Å². The fourth-order valence-corrected chi connectivity index (χ4v) is 3.77. The largest absolute Gasteiger partial charge is 0.383 e. The molecule has 29 heavy (non-hydrogen) atoms. The molecule has 0 saturated carbocycles. The number of hydrogen-bond acceptors (Lipinski definition) is 6. The molecule has 1 aromatic carbocycles. The minimum absolute atomic E-state index is 0.00655. The van der Waals surface area contributed by atoms with Crippen molar-refractivity contribution in [2.24, 2.45) is 13.0 Å². The lowest BCUT2D eigenvalue weighted by Crippen LogP contribution is -2.39. The molecule has 0 radical (unpaired) electrons. The normalized spacial score (nSPS) is 15.7. The number of hydrogen-bond donors (Lipinski definition) is 1. The van der Waals surface area contributed by atoms with Crippen molar-refractivity contribution in [3.05, 3.63) is 36.8 Å². The highest BCUT2D eigenvalue weighted by Crippen LogP contribution is 2.24. The summed E-state index contributed by atoms with van der Waals surface area (Å²) in [5, 5.41) is 12.3. The van der Waals surface area contributed by atoms with Crippen molar-refractivity contribution in [3.63, 3.8) is 0 Å². The minimum Gasteiger partial charge on any atom is -0.383 e. The number of amides is 1. The van der Waals surface area contributed by atoms with Crippen LogP contribution in [0.2, 0.25) is 0 Å². The SMILES string of the molecule is COCCN1CCC(C(=O)Nc2cc3cc(-c4cncn4C)ccc3nn2)CC1. The number of ether oxygens (including phenoxy) is 1. The molecule has 3 heterocycles. The zero-order chi connectivity index (χ0) is 20.2. The summed E-state index contributed by atoms with van der Waals surface area (Å²) in [4.78, 5) is 19.2. The molecule has 0 atom stereocenters. The van der Waals surface area contributed by atoms with Gasteiger partial charge in [-0.15, -0.1) is 10.2 Å². The Bertz CT molecular complexity index is 994. The molecular weight excluding hydrogens is 368 g/mol. The van der Waals surface area contributed by atoms with E-state index in [2.05, 4.69) is 25.4 Å². The zero-order valence-corrected chi connectivity index (χ0v) is 16.8. The molecule has 0 spiro atoms. The molecule has 8 nitrogen and oxygen atoms in total. The average Bonchev–Trinajstić information content (AvgIpc) is 3.18. The third kappa shape index (κ3) is 4.44. The quantitative estimate of drug-likeness (QED) is 0.691. The van der Waals surface area contributed by atoms with Crippen LogP contribution in [0.25, 0.3) is 22.2 Å². The highest BCUT2D eigenvalue weighted by Gasteiger charge is 2.25. The third-order valence-electron chi connectivity index (χ3n) is 5.52. The highest BCUT2D eigenvalue weighted by atomic mass is 16.5. The topological polar surface area (TPSA) is 85.2 Å². The number of carbonyl (C=O) groups excluding carboxylic acids is 1. The van der Waals surface area contributed by atoms with Crippen LogP contribution in [0.3, 0.4) is 0 Å². The van der Waals surface area contributed by atoms with Gasteiger partial charge in [0.1, 0.15) is 0 Å². The monoisotopic (exact) mass is 394 g/mol. The van der Waals surface area contributed by atoms with Gasteiger partial charge in [0.2, 0.25) is 5.91 Å². The standard InChI is InChI=1S/C21H26N6O2/c1-26-14-22-13-19(26)16-3-4-18-17(11-16)12-20(25-24-18)23-21(28)15-5-7-27(8-6-15)9-10-29-2/h3-4,11-15H,5-10H2,1-2H3,(H,23,25,28). The van der Waals surface area contributed by atoms with Crippen molar-refractivity contribution in [2.45, 2.75) is 12.8 Å². The number of methoxy groups -OCH3 is 1. The van der Waals surface area contributed by atoms with E-state index in [-0.39, 0.29) is 11.8 Å². The molecule has 1 aliphatic heterocycles. The smallest absolute Gasteiger partial charge is 0.228 e. The Kier molecular flexibility index (Phi) is 5.82. The number of piperidine rings is 1. The molecule has 0 unspecified atom stereocenters. The van der Waals surface area contributed by atoms with Gasteiger partial charge in [-0.1, -0.05) is 6.07 Å². The number of aryl methyl sites for hydroxylation is 1. The van der Waals surface area contributed by atoms with Crippen LogP contribution in [0.4, 0.5) is 5.82 Å². The number of imidazole rings is 1. The molecule has 1 N–H and O–H groups in total. The van der Waals surface area contributed by atoms with Crippen molar-refractivity contribution in [2.75, 3.05) is 38.7 Å². The van der Waals surface area contributed by atoms with Gasteiger partial charge >= 0.3 is 0 Å². The fraction of sp³-hybridized carbons (Fsp3) is 0.429. The van der Waals surface area contributed by atoms with Crippen molar-refractivity contribution < 1.29 is 9.53 Å². The Morgan fingerprint density at radius 3 is 2.79 bits per heavy atom. The third-order valence-corrected chi connectivity index (χ3v) is 5.52. The fourth-order valence-electron chi connectivity index (χ4n) is 3.77. The summed E-state index contributed by atoms with van der Waals surface area (Å²) >= 11 is 0. The highest BCUT2D eigenvalue weighted by molar-refractivity contribution is 5.94. The molecular formula is C21H26N6O2.